The molecule has 194 valence electrons. The smallest absolute Gasteiger partial charge is 0.315 e. The molecule has 1 aliphatic heterocycles. The van der Waals surface area contributed by atoms with Crippen molar-refractivity contribution in [3.63, 3.8) is 0 Å². The van der Waals surface area contributed by atoms with Crippen LogP contribution in [0.4, 0.5) is 5.69 Å². The van der Waals surface area contributed by atoms with Gasteiger partial charge in [-0.3, -0.25) is 19.7 Å². The Labute approximate surface area is 216 Å². The highest BCUT2D eigenvalue weighted by Gasteiger charge is 2.20. The zero-order valence-electron chi connectivity index (χ0n) is 20.0. The number of aromatic hydroxyl groups is 1. The topological polar surface area (TPSA) is 162 Å². The molecular formula is C26H22N4O8. The second kappa shape index (κ2) is 11.6. The minimum absolute atomic E-state index is 0.0791. The molecule has 3 aromatic carbocycles. The fraction of sp³-hybridized carbons (Fsp3) is 0.115. The van der Waals surface area contributed by atoms with E-state index >= 15 is 0 Å². The monoisotopic (exact) mass is 518 g/mol. The number of hydrazone groups is 1. The van der Waals surface area contributed by atoms with Crippen LogP contribution in [-0.2, 0) is 4.79 Å². The van der Waals surface area contributed by atoms with Crippen LogP contribution in [0, 0.1) is 10.1 Å². The van der Waals surface area contributed by atoms with Crippen molar-refractivity contribution in [3.8, 4) is 23.0 Å². The summed E-state index contributed by atoms with van der Waals surface area (Å²) in [6.07, 6.45) is 2.58. The van der Waals surface area contributed by atoms with E-state index in [4.69, 9.17) is 14.2 Å². The molecule has 0 aromatic heterocycles. The van der Waals surface area contributed by atoms with Crippen LogP contribution in [0.15, 0.2) is 71.5 Å². The van der Waals surface area contributed by atoms with Gasteiger partial charge in [0.15, 0.2) is 17.2 Å². The number of nitrogens with one attached hydrogen (secondary N) is 2. The number of nitro groups is 1. The number of phenols is 1. The number of nitrogens with zero attached hydrogens (tertiary/aromatic N) is 2. The molecule has 0 fully saturated rings. The Hall–Kier alpha value is -5.39. The summed E-state index contributed by atoms with van der Waals surface area (Å²) in [5, 5.41) is 27.7. The SMILES string of the molecule is CCOc1cc(/C=N/NC(=O)/C(=C\c2ccc3c(c2)OCO3)NC(=O)c2ccccc2)cc([N+](=O)[O-])c1O. The molecule has 12 heteroatoms. The fourth-order valence-corrected chi connectivity index (χ4v) is 3.43. The molecular weight excluding hydrogens is 496 g/mol. The van der Waals surface area contributed by atoms with Crippen molar-refractivity contribution in [2.24, 2.45) is 5.10 Å². The highest BCUT2D eigenvalue weighted by molar-refractivity contribution is 6.05. The summed E-state index contributed by atoms with van der Waals surface area (Å²) >= 11 is 0. The molecule has 3 aromatic rings. The number of nitro benzene ring substituents is 1. The maximum Gasteiger partial charge on any atom is 0.315 e. The zero-order valence-corrected chi connectivity index (χ0v) is 20.0. The summed E-state index contributed by atoms with van der Waals surface area (Å²) in [6.45, 7) is 1.90. The molecule has 2 amide bonds. The normalized spacial score (nSPS) is 12.3. The summed E-state index contributed by atoms with van der Waals surface area (Å²) in [6, 6.07) is 15.7. The zero-order chi connectivity index (χ0) is 27.1. The van der Waals surface area contributed by atoms with Crippen molar-refractivity contribution in [2.75, 3.05) is 13.4 Å². The number of rotatable bonds is 9. The lowest BCUT2D eigenvalue weighted by Crippen LogP contribution is -2.32. The Bertz CT molecular complexity index is 1440. The standard InChI is InChI=1S/C26H22N4O8/c1-2-36-23-13-17(11-20(24(23)31)30(34)35)14-27-29-26(33)19(28-25(32)18-6-4-3-5-7-18)10-16-8-9-21-22(12-16)38-15-37-21/h3-14,31H,2,15H2,1H3,(H,28,32)(H,29,33)/b19-10+,27-14+. The molecule has 0 atom stereocenters. The van der Waals surface area contributed by atoms with Crippen LogP contribution in [0.3, 0.4) is 0 Å². The molecule has 0 bridgehead atoms. The van der Waals surface area contributed by atoms with Crippen LogP contribution in [0.5, 0.6) is 23.0 Å². The van der Waals surface area contributed by atoms with Gasteiger partial charge < -0.3 is 24.6 Å². The molecule has 0 aliphatic carbocycles. The average Bonchev–Trinajstić information content (AvgIpc) is 3.38. The first-order valence-corrected chi connectivity index (χ1v) is 11.3. The van der Waals surface area contributed by atoms with E-state index in [1.54, 1.807) is 55.5 Å². The van der Waals surface area contributed by atoms with Crippen molar-refractivity contribution in [3.05, 3.63) is 93.2 Å². The van der Waals surface area contributed by atoms with Gasteiger partial charge in [-0.2, -0.15) is 5.10 Å². The Kier molecular flexibility index (Phi) is 7.82. The second-order valence-corrected chi connectivity index (χ2v) is 7.77. The van der Waals surface area contributed by atoms with Crippen molar-refractivity contribution < 1.29 is 33.8 Å². The number of phenolic OH excluding ortho intramolecular Hbond substituents is 1. The van der Waals surface area contributed by atoms with E-state index in [1.807, 2.05) is 0 Å². The van der Waals surface area contributed by atoms with Crippen LogP contribution < -0.4 is 25.0 Å². The molecule has 0 radical (unpaired) electrons. The number of carbonyl (C=O) groups excluding carboxylic acids is 2. The number of amides is 2. The Morgan fingerprint density at radius 1 is 1.11 bits per heavy atom. The number of benzene rings is 3. The largest absolute Gasteiger partial charge is 0.500 e. The number of carbonyl (C=O) groups is 2. The summed E-state index contributed by atoms with van der Waals surface area (Å²) in [7, 11) is 0. The first-order chi connectivity index (χ1) is 18.4. The minimum atomic E-state index is -0.765. The van der Waals surface area contributed by atoms with Gasteiger partial charge >= 0.3 is 5.69 Å². The molecule has 38 heavy (non-hydrogen) atoms. The quantitative estimate of drug-likeness (QED) is 0.168. The summed E-state index contributed by atoms with van der Waals surface area (Å²) in [5.74, 6) is -0.956. The van der Waals surface area contributed by atoms with Gasteiger partial charge in [-0.1, -0.05) is 24.3 Å². The fourth-order valence-electron chi connectivity index (χ4n) is 3.43. The lowest BCUT2D eigenvalue weighted by molar-refractivity contribution is -0.386. The van der Waals surface area contributed by atoms with Crippen molar-refractivity contribution >= 4 is 29.8 Å². The lowest BCUT2D eigenvalue weighted by atomic mass is 10.1. The maximum atomic E-state index is 13.0. The van der Waals surface area contributed by atoms with Crippen LogP contribution in [0.1, 0.15) is 28.4 Å². The molecule has 3 N–H and O–H groups in total. The molecule has 0 saturated carbocycles. The number of hydrogen-bond acceptors (Lipinski definition) is 9. The number of ether oxygens (including phenoxy) is 3. The van der Waals surface area contributed by atoms with Gasteiger partial charge in [0.05, 0.1) is 17.7 Å². The van der Waals surface area contributed by atoms with Gasteiger partial charge in [0, 0.05) is 17.2 Å². The van der Waals surface area contributed by atoms with E-state index in [0.29, 0.717) is 22.6 Å². The lowest BCUT2D eigenvalue weighted by Gasteiger charge is -2.10. The second-order valence-electron chi connectivity index (χ2n) is 7.77. The highest BCUT2D eigenvalue weighted by Crippen LogP contribution is 2.36. The van der Waals surface area contributed by atoms with Gasteiger partial charge in [-0.15, -0.1) is 0 Å². The predicted octanol–water partition coefficient (Wildman–Crippen LogP) is 3.35. The van der Waals surface area contributed by atoms with Crippen LogP contribution >= 0.6 is 0 Å². The molecule has 1 heterocycles. The van der Waals surface area contributed by atoms with E-state index in [0.717, 1.165) is 12.3 Å². The van der Waals surface area contributed by atoms with Gasteiger partial charge in [0.25, 0.3) is 11.8 Å². The minimum Gasteiger partial charge on any atom is -0.500 e. The molecule has 1 aliphatic rings. The highest BCUT2D eigenvalue weighted by atomic mass is 16.7. The van der Waals surface area contributed by atoms with Gasteiger partial charge in [0.2, 0.25) is 12.5 Å². The van der Waals surface area contributed by atoms with Crippen LogP contribution in [0.25, 0.3) is 6.08 Å². The predicted molar refractivity (Wildman–Crippen MR) is 136 cm³/mol. The van der Waals surface area contributed by atoms with E-state index < -0.39 is 28.2 Å². The van der Waals surface area contributed by atoms with E-state index in [-0.39, 0.29) is 30.4 Å². The van der Waals surface area contributed by atoms with Crippen molar-refractivity contribution in [1.29, 1.82) is 0 Å². The average molecular weight is 518 g/mol. The van der Waals surface area contributed by atoms with Gasteiger partial charge in [-0.25, -0.2) is 5.43 Å². The van der Waals surface area contributed by atoms with Crippen molar-refractivity contribution in [1.82, 2.24) is 10.7 Å². The first-order valence-electron chi connectivity index (χ1n) is 11.3. The van der Waals surface area contributed by atoms with Gasteiger partial charge in [-0.05, 0) is 48.9 Å². The molecule has 12 nitrogen and oxygen atoms in total. The molecule has 0 unspecified atom stereocenters. The third-order valence-corrected chi connectivity index (χ3v) is 5.19. The Morgan fingerprint density at radius 2 is 1.87 bits per heavy atom. The van der Waals surface area contributed by atoms with Crippen molar-refractivity contribution in [2.45, 2.75) is 6.92 Å². The Balaban J connectivity index is 1.58. The van der Waals surface area contributed by atoms with E-state index in [9.17, 15) is 24.8 Å². The van der Waals surface area contributed by atoms with Crippen LogP contribution in [-0.4, -0.2) is 41.5 Å². The third kappa shape index (κ3) is 6.05. The third-order valence-electron chi connectivity index (χ3n) is 5.19. The summed E-state index contributed by atoms with van der Waals surface area (Å²) in [4.78, 5) is 36.3. The molecule has 0 saturated heterocycles. The molecule has 4 rings (SSSR count). The molecule has 0 spiro atoms. The first kappa shape index (κ1) is 25.7. The number of fused-ring (bicyclic) bond motifs is 1. The summed E-state index contributed by atoms with van der Waals surface area (Å²) < 4.78 is 15.9. The van der Waals surface area contributed by atoms with E-state index in [1.165, 1.54) is 12.1 Å². The van der Waals surface area contributed by atoms with E-state index in [2.05, 4.69) is 15.8 Å². The van der Waals surface area contributed by atoms with Gasteiger partial charge in [0.1, 0.15) is 5.70 Å². The Morgan fingerprint density at radius 3 is 2.61 bits per heavy atom. The number of hydrogen-bond donors (Lipinski definition) is 3. The maximum absolute atomic E-state index is 13.0. The summed E-state index contributed by atoms with van der Waals surface area (Å²) in [5.41, 5.74) is 2.66. The van der Waals surface area contributed by atoms with Crippen LogP contribution in [0.2, 0.25) is 0 Å².